The predicted octanol–water partition coefficient (Wildman–Crippen LogP) is 16.4. The molecule has 0 aliphatic heterocycles. The van der Waals surface area contributed by atoms with Gasteiger partial charge in [-0.2, -0.15) is 0 Å². The zero-order valence-electron chi connectivity index (χ0n) is 32.3. The Hall–Kier alpha value is -7.28. The number of hydrogen-bond acceptors (Lipinski definition) is 0. The Kier molecular flexibility index (Phi) is 6.39. The summed E-state index contributed by atoms with van der Waals surface area (Å²) in [7, 11) is 0. The molecule has 0 bridgehead atoms. The molecule has 0 nitrogen and oxygen atoms in total. The molecule has 268 valence electrons. The quantitative estimate of drug-likeness (QED) is 0.159. The van der Waals surface area contributed by atoms with Gasteiger partial charge in [-0.3, -0.25) is 0 Å². The van der Waals surface area contributed by atoms with Crippen LogP contribution in [0.2, 0.25) is 0 Å². The van der Waals surface area contributed by atoms with Crippen molar-refractivity contribution in [2.45, 2.75) is 13.8 Å². The molecule has 0 saturated heterocycles. The molecule has 58 heavy (non-hydrogen) atoms. The second-order valence-electron chi connectivity index (χ2n) is 16.4. The summed E-state index contributed by atoms with van der Waals surface area (Å²) in [6.45, 7) is 4.49. The summed E-state index contributed by atoms with van der Waals surface area (Å²) < 4.78 is 0. The first kappa shape index (κ1) is 31.9. The van der Waals surface area contributed by atoms with Crippen LogP contribution in [0.4, 0.5) is 0 Å². The van der Waals surface area contributed by atoms with Crippen LogP contribution in [0.5, 0.6) is 0 Å². The van der Waals surface area contributed by atoms with Gasteiger partial charge in [0, 0.05) is 0 Å². The Morgan fingerprint density at radius 1 is 0.241 bits per heavy atom. The standard InChI is InChI=1S/C58H36/c1-33-24-26-39-47(30-33)48(31-50-44-27-25-34(2)52-40-19-10-9-18-37(40)51(56(44)52)32-49(39)50)38-28-29-46-55-41(38)22-13-23-45(55)57-53(35-14-5-3-6-15-35)42-20-11-12-21-43(42)54(58(46)57)36-16-7-4-8-17-36/h3-32H,1-2H3. The summed E-state index contributed by atoms with van der Waals surface area (Å²) in [6.07, 6.45) is 0. The molecule has 0 fully saturated rings. The Labute approximate surface area is 337 Å². The van der Waals surface area contributed by atoms with Crippen molar-refractivity contribution in [2.75, 3.05) is 0 Å². The first-order valence-corrected chi connectivity index (χ1v) is 20.4. The minimum absolute atomic E-state index is 1.25. The summed E-state index contributed by atoms with van der Waals surface area (Å²) in [5, 5.41) is 13.2. The molecule has 2 aliphatic carbocycles. The molecule has 13 rings (SSSR count). The van der Waals surface area contributed by atoms with E-state index in [1.54, 1.807) is 0 Å². The maximum Gasteiger partial charge on any atom is -0.000741 e. The van der Waals surface area contributed by atoms with Crippen LogP contribution in [0.1, 0.15) is 11.1 Å². The van der Waals surface area contributed by atoms with E-state index in [4.69, 9.17) is 0 Å². The van der Waals surface area contributed by atoms with Crippen LogP contribution in [-0.4, -0.2) is 0 Å². The molecule has 0 aromatic heterocycles. The molecule has 11 aromatic carbocycles. The summed E-state index contributed by atoms with van der Waals surface area (Å²) in [6, 6.07) is 68.7. The summed E-state index contributed by atoms with van der Waals surface area (Å²) in [5.74, 6) is 0. The maximum atomic E-state index is 2.52. The maximum absolute atomic E-state index is 2.52. The SMILES string of the molecule is Cc1ccc2c(c1)c(-c1ccc3c4c(cccc14)-c1c-3c(-c3ccccc3)c3ccccc3c1-c1ccccc1)cc1c3ccc(C)c4c3c(cc21)-c1ccccc1-4. The molecular formula is C58H36. The Morgan fingerprint density at radius 3 is 1.52 bits per heavy atom. The molecule has 0 amide bonds. The molecule has 0 N–H and O–H groups in total. The third-order valence-electron chi connectivity index (χ3n) is 13.3. The van der Waals surface area contributed by atoms with Crippen molar-refractivity contribution < 1.29 is 0 Å². The zero-order valence-corrected chi connectivity index (χ0v) is 32.3. The van der Waals surface area contributed by atoms with Crippen molar-refractivity contribution in [3.8, 4) is 77.9 Å². The van der Waals surface area contributed by atoms with E-state index >= 15 is 0 Å². The van der Waals surface area contributed by atoms with Gasteiger partial charge in [-0.25, -0.2) is 0 Å². The highest BCUT2D eigenvalue weighted by Crippen LogP contribution is 2.59. The van der Waals surface area contributed by atoms with Crippen molar-refractivity contribution in [1.29, 1.82) is 0 Å². The molecule has 0 radical (unpaired) electrons. The number of rotatable bonds is 3. The monoisotopic (exact) mass is 732 g/mol. The normalized spacial score (nSPS) is 12.3. The molecular weight excluding hydrogens is 697 g/mol. The molecule has 0 heteroatoms. The number of fused-ring (bicyclic) bond motifs is 11. The highest BCUT2D eigenvalue weighted by atomic mass is 14.3. The van der Waals surface area contributed by atoms with Gasteiger partial charge in [0.2, 0.25) is 0 Å². The van der Waals surface area contributed by atoms with Crippen LogP contribution >= 0.6 is 0 Å². The highest BCUT2D eigenvalue weighted by Gasteiger charge is 2.32. The molecule has 0 atom stereocenters. The zero-order chi connectivity index (χ0) is 38.2. The fourth-order valence-electron chi connectivity index (χ4n) is 10.9. The summed E-state index contributed by atoms with van der Waals surface area (Å²) >= 11 is 0. The third kappa shape index (κ3) is 4.14. The van der Waals surface area contributed by atoms with Gasteiger partial charge in [0.15, 0.2) is 0 Å². The van der Waals surface area contributed by atoms with Crippen LogP contribution in [0, 0.1) is 13.8 Å². The summed E-state index contributed by atoms with van der Waals surface area (Å²) in [5.41, 5.74) is 21.0. The number of hydrogen-bond donors (Lipinski definition) is 0. The first-order valence-electron chi connectivity index (χ1n) is 20.4. The lowest BCUT2D eigenvalue weighted by molar-refractivity contribution is 1.51. The molecule has 0 heterocycles. The minimum atomic E-state index is 1.25. The average Bonchev–Trinajstić information content (AvgIpc) is 3.79. The van der Waals surface area contributed by atoms with Crippen molar-refractivity contribution in [1.82, 2.24) is 0 Å². The topological polar surface area (TPSA) is 0 Å². The van der Waals surface area contributed by atoms with Crippen molar-refractivity contribution in [2.24, 2.45) is 0 Å². The second kappa shape index (κ2) is 11.6. The van der Waals surface area contributed by atoms with E-state index in [2.05, 4.69) is 196 Å². The second-order valence-corrected chi connectivity index (χ2v) is 16.4. The van der Waals surface area contributed by atoms with E-state index in [-0.39, 0.29) is 0 Å². The smallest absolute Gasteiger partial charge is 0.000741 e. The third-order valence-corrected chi connectivity index (χ3v) is 13.3. The lowest BCUT2D eigenvalue weighted by atomic mass is 9.82. The van der Waals surface area contributed by atoms with Crippen molar-refractivity contribution >= 4 is 53.9 Å². The largest absolute Gasteiger partial charge is 0.0622 e. The lowest BCUT2D eigenvalue weighted by Gasteiger charge is -2.20. The highest BCUT2D eigenvalue weighted by molar-refractivity contribution is 6.32. The van der Waals surface area contributed by atoms with Crippen molar-refractivity contribution in [3.05, 3.63) is 193 Å². The van der Waals surface area contributed by atoms with E-state index in [9.17, 15) is 0 Å². The molecule has 0 saturated carbocycles. The number of aryl methyl sites for hydroxylation is 2. The van der Waals surface area contributed by atoms with Crippen LogP contribution in [0.15, 0.2) is 182 Å². The lowest BCUT2D eigenvalue weighted by Crippen LogP contribution is -1.93. The van der Waals surface area contributed by atoms with Gasteiger partial charge in [0.25, 0.3) is 0 Å². The fourth-order valence-corrected chi connectivity index (χ4v) is 10.9. The molecule has 0 unspecified atom stereocenters. The van der Waals surface area contributed by atoms with Crippen LogP contribution in [0.3, 0.4) is 0 Å². The van der Waals surface area contributed by atoms with E-state index in [1.165, 1.54) is 143 Å². The Balaban J connectivity index is 1.16. The average molecular weight is 733 g/mol. The van der Waals surface area contributed by atoms with Gasteiger partial charge in [-0.1, -0.05) is 175 Å². The van der Waals surface area contributed by atoms with Crippen LogP contribution < -0.4 is 0 Å². The molecule has 0 spiro atoms. The van der Waals surface area contributed by atoms with E-state index in [1.807, 2.05) is 0 Å². The predicted molar refractivity (Wildman–Crippen MR) is 249 cm³/mol. The Morgan fingerprint density at radius 2 is 0.793 bits per heavy atom. The van der Waals surface area contributed by atoms with Gasteiger partial charge >= 0.3 is 0 Å². The van der Waals surface area contributed by atoms with E-state index in [0.29, 0.717) is 0 Å². The van der Waals surface area contributed by atoms with Gasteiger partial charge in [-0.05, 0) is 163 Å². The minimum Gasteiger partial charge on any atom is -0.0622 e. The van der Waals surface area contributed by atoms with Gasteiger partial charge < -0.3 is 0 Å². The molecule has 2 aliphatic rings. The van der Waals surface area contributed by atoms with E-state index in [0.717, 1.165) is 0 Å². The number of benzene rings is 11. The van der Waals surface area contributed by atoms with Crippen molar-refractivity contribution in [3.63, 3.8) is 0 Å². The fraction of sp³-hybridized carbons (Fsp3) is 0.0345. The van der Waals surface area contributed by atoms with Crippen LogP contribution in [0.25, 0.3) is 132 Å². The molecule has 11 aromatic rings. The van der Waals surface area contributed by atoms with Gasteiger partial charge in [0.1, 0.15) is 0 Å². The van der Waals surface area contributed by atoms with Gasteiger partial charge in [0.05, 0.1) is 0 Å². The summed E-state index contributed by atoms with van der Waals surface area (Å²) in [4.78, 5) is 0. The first-order chi connectivity index (χ1) is 28.6. The van der Waals surface area contributed by atoms with Crippen LogP contribution in [-0.2, 0) is 0 Å². The Bertz CT molecular complexity index is 3510. The van der Waals surface area contributed by atoms with E-state index < -0.39 is 0 Å². The van der Waals surface area contributed by atoms with Gasteiger partial charge in [-0.15, -0.1) is 0 Å².